The fourth-order valence-corrected chi connectivity index (χ4v) is 3.10. The van der Waals surface area contributed by atoms with Gasteiger partial charge in [0, 0.05) is 17.3 Å². The van der Waals surface area contributed by atoms with E-state index in [0.29, 0.717) is 6.54 Å². The first-order chi connectivity index (χ1) is 12.4. The molecule has 2 heterocycles. The van der Waals surface area contributed by atoms with E-state index in [1.807, 2.05) is 54.7 Å². The van der Waals surface area contributed by atoms with Gasteiger partial charge in [-0.25, -0.2) is 0 Å². The van der Waals surface area contributed by atoms with E-state index in [4.69, 9.17) is 9.73 Å². The number of fused-ring (bicyclic) bond motifs is 1. The van der Waals surface area contributed by atoms with Crippen LogP contribution in [0, 0.1) is 0 Å². The first kappa shape index (κ1) is 15.3. The first-order valence-electron chi connectivity index (χ1n) is 8.26. The molecule has 1 aliphatic rings. The maximum Gasteiger partial charge on any atom is 0.128 e. The predicted molar refractivity (Wildman–Crippen MR) is 102 cm³/mol. The third-order valence-corrected chi connectivity index (χ3v) is 4.30. The van der Waals surface area contributed by atoms with E-state index >= 15 is 0 Å². The van der Waals surface area contributed by atoms with E-state index < -0.39 is 0 Å². The van der Waals surface area contributed by atoms with Crippen molar-refractivity contribution in [1.29, 1.82) is 0 Å². The summed E-state index contributed by atoms with van der Waals surface area (Å²) < 4.78 is 5.52. The standard InChI is InChI=1S/C22H18N2O/c1-25-20-10-6-5-9-18(20)22-21-17(13-14-23-19(21)15-24-22)12-11-16-7-3-2-4-8-16/h2-14H,15H2,1H3/b12-11+. The minimum Gasteiger partial charge on any atom is -0.496 e. The van der Waals surface area contributed by atoms with Gasteiger partial charge in [-0.2, -0.15) is 0 Å². The molecule has 0 fully saturated rings. The van der Waals surface area contributed by atoms with Crippen LogP contribution in [0.25, 0.3) is 12.2 Å². The van der Waals surface area contributed by atoms with E-state index in [-0.39, 0.29) is 0 Å². The smallest absolute Gasteiger partial charge is 0.128 e. The molecule has 0 unspecified atom stereocenters. The third kappa shape index (κ3) is 2.96. The molecule has 3 aromatic rings. The molecule has 0 spiro atoms. The van der Waals surface area contributed by atoms with Crippen LogP contribution < -0.4 is 4.74 Å². The Labute approximate surface area is 147 Å². The summed E-state index contributed by atoms with van der Waals surface area (Å²) in [6.07, 6.45) is 6.10. The van der Waals surface area contributed by atoms with Crippen molar-refractivity contribution in [1.82, 2.24) is 4.98 Å². The maximum absolute atomic E-state index is 5.52. The summed E-state index contributed by atoms with van der Waals surface area (Å²) in [6, 6.07) is 20.3. The summed E-state index contributed by atoms with van der Waals surface area (Å²) >= 11 is 0. The molecule has 0 N–H and O–H groups in total. The highest BCUT2D eigenvalue weighted by Crippen LogP contribution is 2.30. The van der Waals surface area contributed by atoms with Crippen LogP contribution in [-0.2, 0) is 6.54 Å². The number of para-hydroxylation sites is 1. The van der Waals surface area contributed by atoms with E-state index in [2.05, 4.69) is 29.3 Å². The zero-order valence-electron chi connectivity index (χ0n) is 14.0. The largest absolute Gasteiger partial charge is 0.496 e. The average Bonchev–Trinajstić information content (AvgIpc) is 3.12. The van der Waals surface area contributed by atoms with E-state index in [1.165, 1.54) is 5.56 Å². The summed E-state index contributed by atoms with van der Waals surface area (Å²) in [7, 11) is 1.69. The van der Waals surface area contributed by atoms with Crippen LogP contribution in [0.15, 0.2) is 71.9 Å². The summed E-state index contributed by atoms with van der Waals surface area (Å²) in [5.74, 6) is 0.830. The Bertz CT molecular complexity index is 959. The molecule has 3 nitrogen and oxygen atoms in total. The van der Waals surface area contributed by atoms with Gasteiger partial charge in [0.25, 0.3) is 0 Å². The number of methoxy groups -OCH3 is 1. The molecular weight excluding hydrogens is 308 g/mol. The lowest BCUT2D eigenvalue weighted by atomic mass is 9.97. The van der Waals surface area contributed by atoms with Crippen LogP contribution in [0.2, 0.25) is 0 Å². The molecule has 3 heteroatoms. The first-order valence-corrected chi connectivity index (χ1v) is 8.26. The van der Waals surface area contributed by atoms with Crippen molar-refractivity contribution >= 4 is 17.9 Å². The summed E-state index contributed by atoms with van der Waals surface area (Å²) in [6.45, 7) is 0.607. The second kappa shape index (κ2) is 6.73. The zero-order chi connectivity index (χ0) is 17.1. The van der Waals surface area contributed by atoms with Crippen molar-refractivity contribution in [2.24, 2.45) is 4.99 Å². The van der Waals surface area contributed by atoms with Crippen molar-refractivity contribution in [3.63, 3.8) is 0 Å². The number of aromatic nitrogens is 1. The fourth-order valence-electron chi connectivity index (χ4n) is 3.10. The summed E-state index contributed by atoms with van der Waals surface area (Å²) in [5, 5.41) is 0. The molecule has 4 rings (SSSR count). The quantitative estimate of drug-likeness (QED) is 0.701. The van der Waals surface area contributed by atoms with E-state index in [1.54, 1.807) is 7.11 Å². The molecule has 25 heavy (non-hydrogen) atoms. The Balaban J connectivity index is 1.78. The summed E-state index contributed by atoms with van der Waals surface area (Å²) in [4.78, 5) is 9.26. The normalized spacial score (nSPS) is 12.9. The van der Waals surface area contributed by atoms with Crippen molar-refractivity contribution in [3.05, 3.63) is 94.8 Å². The number of aliphatic imine (C=N–C) groups is 1. The van der Waals surface area contributed by atoms with Gasteiger partial charge in [-0.1, -0.05) is 54.6 Å². The molecule has 0 bridgehead atoms. The molecule has 0 saturated carbocycles. The molecule has 0 saturated heterocycles. The molecule has 0 amide bonds. The number of benzene rings is 2. The van der Waals surface area contributed by atoms with Crippen LogP contribution >= 0.6 is 0 Å². The van der Waals surface area contributed by atoms with Crippen LogP contribution in [0.4, 0.5) is 0 Å². The highest BCUT2D eigenvalue weighted by molar-refractivity contribution is 6.18. The lowest BCUT2D eigenvalue weighted by Gasteiger charge is -2.11. The summed E-state index contributed by atoms with van der Waals surface area (Å²) in [5.41, 5.74) is 6.35. The number of nitrogens with zero attached hydrogens (tertiary/aromatic N) is 2. The lowest BCUT2D eigenvalue weighted by Crippen LogP contribution is -2.06. The third-order valence-electron chi connectivity index (χ3n) is 4.30. The van der Waals surface area contributed by atoms with Gasteiger partial charge in [0.15, 0.2) is 0 Å². The van der Waals surface area contributed by atoms with Gasteiger partial charge < -0.3 is 4.74 Å². The Hall–Kier alpha value is -3.20. The number of ether oxygens (including phenoxy) is 1. The Kier molecular flexibility index (Phi) is 4.13. The lowest BCUT2D eigenvalue weighted by molar-refractivity contribution is 0.414. The molecular formula is C22H18N2O. The van der Waals surface area contributed by atoms with Gasteiger partial charge >= 0.3 is 0 Å². The number of hydrogen-bond donors (Lipinski definition) is 0. The van der Waals surface area contributed by atoms with Gasteiger partial charge in [0.05, 0.1) is 25.1 Å². The van der Waals surface area contributed by atoms with Crippen molar-refractivity contribution < 1.29 is 4.74 Å². The number of hydrogen-bond acceptors (Lipinski definition) is 3. The Morgan fingerprint density at radius 2 is 1.72 bits per heavy atom. The predicted octanol–water partition coefficient (Wildman–Crippen LogP) is 4.61. The topological polar surface area (TPSA) is 34.5 Å². The monoisotopic (exact) mass is 326 g/mol. The minimum absolute atomic E-state index is 0.607. The van der Waals surface area contributed by atoms with Crippen molar-refractivity contribution in [2.45, 2.75) is 6.54 Å². The number of rotatable bonds is 4. The van der Waals surface area contributed by atoms with Crippen LogP contribution in [0.3, 0.4) is 0 Å². The zero-order valence-corrected chi connectivity index (χ0v) is 14.0. The molecule has 1 aromatic heterocycles. The van der Waals surface area contributed by atoms with Crippen LogP contribution in [0.5, 0.6) is 5.75 Å². The second-order valence-electron chi connectivity index (χ2n) is 5.83. The van der Waals surface area contributed by atoms with Crippen LogP contribution in [-0.4, -0.2) is 17.8 Å². The van der Waals surface area contributed by atoms with Crippen molar-refractivity contribution in [3.8, 4) is 5.75 Å². The van der Waals surface area contributed by atoms with Crippen molar-refractivity contribution in [2.75, 3.05) is 7.11 Å². The number of pyridine rings is 1. The highest BCUT2D eigenvalue weighted by atomic mass is 16.5. The average molecular weight is 326 g/mol. The Morgan fingerprint density at radius 3 is 2.56 bits per heavy atom. The van der Waals surface area contributed by atoms with Gasteiger partial charge in [0.2, 0.25) is 0 Å². The maximum atomic E-state index is 5.52. The van der Waals surface area contributed by atoms with E-state index in [9.17, 15) is 0 Å². The Morgan fingerprint density at radius 1 is 0.920 bits per heavy atom. The SMILES string of the molecule is COc1ccccc1C1=NCc2nccc(/C=C/c3ccccc3)c21. The molecule has 0 atom stereocenters. The molecule has 1 aliphatic heterocycles. The second-order valence-corrected chi connectivity index (χ2v) is 5.83. The molecule has 0 radical (unpaired) electrons. The van der Waals surface area contributed by atoms with Gasteiger partial charge in [0.1, 0.15) is 5.75 Å². The van der Waals surface area contributed by atoms with Crippen LogP contribution in [0.1, 0.15) is 27.9 Å². The molecule has 2 aromatic carbocycles. The van der Waals surface area contributed by atoms with Gasteiger partial charge in [-0.3, -0.25) is 9.98 Å². The minimum atomic E-state index is 0.607. The molecule has 0 aliphatic carbocycles. The molecule has 122 valence electrons. The van der Waals surface area contributed by atoms with E-state index in [0.717, 1.165) is 33.8 Å². The van der Waals surface area contributed by atoms with Gasteiger partial charge in [-0.15, -0.1) is 0 Å². The highest BCUT2D eigenvalue weighted by Gasteiger charge is 2.23. The fraction of sp³-hybridized carbons (Fsp3) is 0.0909. The van der Waals surface area contributed by atoms with Gasteiger partial charge in [-0.05, 0) is 29.3 Å².